The standard InChI is InChI=1S/C18H20ClNO/c19-16-5-6-17(15-4-2-1-3-14(15)16)21-18(8-9-18)11-13-7-10-20-12-13/h1-6,13,20H,7-12H2. The molecule has 1 N–H and O–H groups in total. The molecule has 110 valence electrons. The van der Waals surface area contributed by atoms with E-state index < -0.39 is 0 Å². The molecule has 3 heteroatoms. The topological polar surface area (TPSA) is 21.3 Å². The molecule has 21 heavy (non-hydrogen) atoms. The summed E-state index contributed by atoms with van der Waals surface area (Å²) in [6, 6.07) is 12.2. The molecular weight excluding hydrogens is 282 g/mol. The van der Waals surface area contributed by atoms with E-state index in [1.807, 2.05) is 24.3 Å². The fourth-order valence-corrected chi connectivity index (χ4v) is 3.69. The second-order valence-electron chi connectivity index (χ2n) is 6.44. The van der Waals surface area contributed by atoms with Crippen molar-refractivity contribution in [1.29, 1.82) is 0 Å². The number of rotatable bonds is 4. The highest BCUT2D eigenvalue weighted by atomic mass is 35.5. The molecule has 2 aliphatic rings. The second-order valence-corrected chi connectivity index (χ2v) is 6.85. The van der Waals surface area contributed by atoms with Gasteiger partial charge in [0.2, 0.25) is 0 Å². The molecule has 0 radical (unpaired) electrons. The highest BCUT2D eigenvalue weighted by Crippen LogP contribution is 2.47. The average Bonchev–Trinajstić information content (AvgIpc) is 3.05. The SMILES string of the molecule is Clc1ccc(OC2(CC3CCNC3)CC2)c2ccccc12. The lowest BCUT2D eigenvalue weighted by Gasteiger charge is -2.22. The highest BCUT2D eigenvalue weighted by Gasteiger charge is 2.47. The van der Waals surface area contributed by atoms with Crippen molar-refractivity contribution < 1.29 is 4.74 Å². The van der Waals surface area contributed by atoms with Gasteiger partial charge in [0, 0.05) is 15.8 Å². The lowest BCUT2D eigenvalue weighted by atomic mass is 9.99. The van der Waals surface area contributed by atoms with Crippen molar-refractivity contribution in [3.8, 4) is 5.75 Å². The predicted octanol–water partition coefficient (Wildman–Crippen LogP) is 4.40. The molecule has 1 aliphatic heterocycles. The average molecular weight is 302 g/mol. The lowest BCUT2D eigenvalue weighted by Crippen LogP contribution is -2.23. The van der Waals surface area contributed by atoms with Gasteiger partial charge in [-0.2, -0.15) is 0 Å². The van der Waals surface area contributed by atoms with Crippen LogP contribution in [0.5, 0.6) is 5.75 Å². The summed E-state index contributed by atoms with van der Waals surface area (Å²) >= 11 is 6.29. The molecule has 0 amide bonds. The first-order valence-electron chi connectivity index (χ1n) is 7.83. The van der Waals surface area contributed by atoms with E-state index >= 15 is 0 Å². The van der Waals surface area contributed by atoms with Crippen LogP contribution < -0.4 is 10.1 Å². The molecule has 2 aromatic carbocycles. The van der Waals surface area contributed by atoms with Gasteiger partial charge in [-0.1, -0.05) is 35.9 Å². The molecule has 2 aromatic rings. The van der Waals surface area contributed by atoms with Gasteiger partial charge in [0.05, 0.1) is 0 Å². The summed E-state index contributed by atoms with van der Waals surface area (Å²) < 4.78 is 6.46. The number of nitrogens with one attached hydrogen (secondary N) is 1. The summed E-state index contributed by atoms with van der Waals surface area (Å²) in [6.45, 7) is 2.30. The Labute approximate surface area is 130 Å². The Hall–Kier alpha value is -1.25. The van der Waals surface area contributed by atoms with Crippen molar-refractivity contribution >= 4 is 22.4 Å². The molecule has 1 atom stereocenters. The Bertz CT molecular complexity index is 659. The van der Waals surface area contributed by atoms with Crippen molar-refractivity contribution in [1.82, 2.24) is 5.32 Å². The Morgan fingerprint density at radius 1 is 1.14 bits per heavy atom. The number of fused-ring (bicyclic) bond motifs is 1. The van der Waals surface area contributed by atoms with Gasteiger partial charge >= 0.3 is 0 Å². The predicted molar refractivity (Wildman–Crippen MR) is 87.1 cm³/mol. The molecule has 2 nitrogen and oxygen atoms in total. The maximum absolute atomic E-state index is 6.46. The summed E-state index contributed by atoms with van der Waals surface area (Å²) in [5.74, 6) is 1.75. The van der Waals surface area contributed by atoms with Crippen LogP contribution in [0.2, 0.25) is 5.02 Å². The smallest absolute Gasteiger partial charge is 0.128 e. The van der Waals surface area contributed by atoms with Crippen LogP contribution in [0.25, 0.3) is 10.8 Å². The lowest BCUT2D eigenvalue weighted by molar-refractivity contribution is 0.150. The van der Waals surface area contributed by atoms with Crippen molar-refractivity contribution in [3.63, 3.8) is 0 Å². The molecule has 1 aliphatic carbocycles. The Morgan fingerprint density at radius 2 is 1.95 bits per heavy atom. The van der Waals surface area contributed by atoms with Crippen LogP contribution in [0.4, 0.5) is 0 Å². The van der Waals surface area contributed by atoms with E-state index in [0.29, 0.717) is 0 Å². The van der Waals surface area contributed by atoms with E-state index in [1.165, 1.54) is 25.7 Å². The number of hydrogen-bond acceptors (Lipinski definition) is 2. The van der Waals surface area contributed by atoms with Crippen LogP contribution in [0.1, 0.15) is 25.7 Å². The van der Waals surface area contributed by atoms with Crippen LogP contribution >= 0.6 is 11.6 Å². The van der Waals surface area contributed by atoms with Gasteiger partial charge in [0.15, 0.2) is 0 Å². The fourth-order valence-electron chi connectivity index (χ4n) is 3.46. The molecule has 1 saturated heterocycles. The molecule has 2 fully saturated rings. The molecule has 0 spiro atoms. The van der Waals surface area contributed by atoms with Gasteiger partial charge in [0.1, 0.15) is 11.4 Å². The number of benzene rings is 2. The molecule has 1 saturated carbocycles. The van der Waals surface area contributed by atoms with Crippen molar-refractivity contribution in [2.75, 3.05) is 13.1 Å². The maximum Gasteiger partial charge on any atom is 0.128 e. The van der Waals surface area contributed by atoms with E-state index in [2.05, 4.69) is 17.4 Å². The van der Waals surface area contributed by atoms with Gasteiger partial charge in [0.25, 0.3) is 0 Å². The van der Waals surface area contributed by atoms with Gasteiger partial charge in [-0.3, -0.25) is 0 Å². The van der Waals surface area contributed by atoms with Crippen molar-refractivity contribution in [2.45, 2.75) is 31.3 Å². The largest absolute Gasteiger partial charge is 0.487 e. The molecule has 1 unspecified atom stereocenters. The summed E-state index contributed by atoms with van der Waals surface area (Å²) in [6.07, 6.45) is 4.82. The summed E-state index contributed by atoms with van der Waals surface area (Å²) in [4.78, 5) is 0. The maximum atomic E-state index is 6.46. The molecule has 1 heterocycles. The summed E-state index contributed by atoms with van der Waals surface area (Å²) in [7, 11) is 0. The molecule has 4 rings (SSSR count). The van der Waals surface area contributed by atoms with Gasteiger partial charge in [-0.15, -0.1) is 0 Å². The normalized spacial score (nSPS) is 23.4. The molecule has 0 aromatic heterocycles. The van der Waals surface area contributed by atoms with E-state index in [9.17, 15) is 0 Å². The van der Waals surface area contributed by atoms with Crippen LogP contribution in [-0.2, 0) is 0 Å². The van der Waals surface area contributed by atoms with Crippen LogP contribution in [0, 0.1) is 5.92 Å². The van der Waals surface area contributed by atoms with E-state index in [-0.39, 0.29) is 5.60 Å². The van der Waals surface area contributed by atoms with Crippen LogP contribution in [0.3, 0.4) is 0 Å². The third-order valence-electron chi connectivity index (χ3n) is 4.79. The Morgan fingerprint density at radius 3 is 2.67 bits per heavy atom. The Balaban J connectivity index is 1.61. The molecular formula is C18H20ClNO. The number of ether oxygens (including phenoxy) is 1. The fraction of sp³-hybridized carbons (Fsp3) is 0.444. The van der Waals surface area contributed by atoms with E-state index in [0.717, 1.165) is 40.6 Å². The second kappa shape index (κ2) is 5.19. The van der Waals surface area contributed by atoms with Gasteiger partial charge < -0.3 is 10.1 Å². The first kappa shape index (κ1) is 13.4. The van der Waals surface area contributed by atoms with Gasteiger partial charge in [-0.05, 0) is 56.8 Å². The number of halogens is 1. The third-order valence-corrected chi connectivity index (χ3v) is 5.12. The zero-order valence-corrected chi connectivity index (χ0v) is 12.8. The quantitative estimate of drug-likeness (QED) is 0.903. The summed E-state index contributed by atoms with van der Waals surface area (Å²) in [5, 5.41) is 6.45. The monoisotopic (exact) mass is 301 g/mol. The van der Waals surface area contributed by atoms with Crippen molar-refractivity contribution in [3.05, 3.63) is 41.4 Å². The molecule has 0 bridgehead atoms. The minimum absolute atomic E-state index is 0.0767. The van der Waals surface area contributed by atoms with E-state index in [4.69, 9.17) is 16.3 Å². The third kappa shape index (κ3) is 2.63. The van der Waals surface area contributed by atoms with E-state index in [1.54, 1.807) is 0 Å². The Kier molecular flexibility index (Phi) is 3.31. The minimum atomic E-state index is 0.0767. The van der Waals surface area contributed by atoms with Crippen molar-refractivity contribution in [2.24, 2.45) is 5.92 Å². The number of hydrogen-bond donors (Lipinski definition) is 1. The minimum Gasteiger partial charge on any atom is -0.487 e. The first-order valence-corrected chi connectivity index (χ1v) is 8.21. The van der Waals surface area contributed by atoms with Gasteiger partial charge in [-0.25, -0.2) is 0 Å². The zero-order chi connectivity index (χ0) is 14.3. The summed E-state index contributed by atoms with van der Waals surface area (Å²) in [5.41, 5.74) is 0.0767. The zero-order valence-electron chi connectivity index (χ0n) is 12.1. The van der Waals surface area contributed by atoms with Crippen LogP contribution in [-0.4, -0.2) is 18.7 Å². The first-order chi connectivity index (χ1) is 10.3. The highest BCUT2D eigenvalue weighted by molar-refractivity contribution is 6.35. The van der Waals surface area contributed by atoms with Crippen LogP contribution in [0.15, 0.2) is 36.4 Å².